The van der Waals surface area contributed by atoms with Gasteiger partial charge in [-0.15, -0.1) is 0 Å². The van der Waals surface area contributed by atoms with Crippen molar-refractivity contribution in [2.45, 2.75) is 6.92 Å². The van der Waals surface area contributed by atoms with Gasteiger partial charge in [0.1, 0.15) is 11.5 Å². The van der Waals surface area contributed by atoms with E-state index in [1.54, 1.807) is 16.8 Å². The van der Waals surface area contributed by atoms with E-state index in [9.17, 15) is 4.79 Å². The van der Waals surface area contributed by atoms with E-state index in [2.05, 4.69) is 12.1 Å². The molecule has 3 aromatic carbocycles. The number of carbonyl (C=O) groups is 1. The summed E-state index contributed by atoms with van der Waals surface area (Å²) < 4.78 is 6.54. The summed E-state index contributed by atoms with van der Waals surface area (Å²) in [6, 6.07) is 25.2. The van der Waals surface area contributed by atoms with E-state index in [-0.39, 0.29) is 5.97 Å². The van der Waals surface area contributed by atoms with Crippen molar-refractivity contribution in [3.63, 3.8) is 0 Å². The lowest BCUT2D eigenvalue weighted by Crippen LogP contribution is -2.02. The average Bonchev–Trinajstić information content (AvgIpc) is 3.11. The minimum absolute atomic E-state index is 0.371. The van der Waals surface area contributed by atoms with Crippen molar-refractivity contribution >= 4 is 11.8 Å². The number of benzene rings is 3. The van der Waals surface area contributed by atoms with Gasteiger partial charge in [0.05, 0.1) is 23.9 Å². The van der Waals surface area contributed by atoms with E-state index < -0.39 is 0 Å². The van der Waals surface area contributed by atoms with Crippen LogP contribution in [0.25, 0.3) is 28.1 Å². The molecular formula is C24H21N3O2. The highest BCUT2D eigenvalue weighted by Gasteiger charge is 2.20. The smallest absolute Gasteiger partial charge is 0.337 e. The Morgan fingerprint density at radius 1 is 0.897 bits per heavy atom. The summed E-state index contributed by atoms with van der Waals surface area (Å²) in [5.41, 5.74) is 12.6. The van der Waals surface area contributed by atoms with Crippen LogP contribution in [0.3, 0.4) is 0 Å². The standard InChI is InChI=1S/C24H21N3O2/c1-16-8-10-17(11-9-16)21-22(18-12-14-19(15-13-18)24(28)29-2)26-27(23(21)25)20-6-4-3-5-7-20/h3-15H,25H2,1-2H3. The average molecular weight is 383 g/mol. The largest absolute Gasteiger partial charge is 0.465 e. The number of methoxy groups -OCH3 is 1. The first-order valence-corrected chi connectivity index (χ1v) is 9.28. The molecule has 0 saturated heterocycles. The Morgan fingerprint density at radius 3 is 2.14 bits per heavy atom. The maximum Gasteiger partial charge on any atom is 0.337 e. The lowest BCUT2D eigenvalue weighted by molar-refractivity contribution is 0.0601. The summed E-state index contributed by atoms with van der Waals surface area (Å²) in [5.74, 6) is 0.191. The molecule has 0 spiro atoms. The fraction of sp³-hybridized carbons (Fsp3) is 0.0833. The van der Waals surface area contributed by atoms with Crippen LogP contribution in [0, 0.1) is 6.92 Å². The Labute approximate surface area is 169 Å². The summed E-state index contributed by atoms with van der Waals surface area (Å²) >= 11 is 0. The van der Waals surface area contributed by atoms with Crippen LogP contribution < -0.4 is 5.73 Å². The molecule has 5 heteroatoms. The Morgan fingerprint density at radius 2 is 1.52 bits per heavy atom. The molecule has 0 unspecified atom stereocenters. The number of rotatable bonds is 4. The number of esters is 1. The van der Waals surface area contributed by atoms with Crippen LogP contribution in [-0.4, -0.2) is 22.9 Å². The number of nitrogen functional groups attached to an aromatic ring is 1. The van der Waals surface area contributed by atoms with Gasteiger partial charge >= 0.3 is 5.97 Å². The topological polar surface area (TPSA) is 70.1 Å². The summed E-state index contributed by atoms with van der Waals surface area (Å²) in [4.78, 5) is 11.8. The van der Waals surface area contributed by atoms with Gasteiger partial charge in [-0.05, 0) is 36.8 Å². The molecule has 0 fully saturated rings. The number of para-hydroxylation sites is 1. The lowest BCUT2D eigenvalue weighted by atomic mass is 9.99. The number of aryl methyl sites for hydroxylation is 1. The number of nitrogens with two attached hydrogens (primary N) is 1. The second-order valence-corrected chi connectivity index (χ2v) is 6.79. The molecule has 0 aliphatic heterocycles. The lowest BCUT2D eigenvalue weighted by Gasteiger charge is -2.06. The minimum atomic E-state index is -0.371. The van der Waals surface area contributed by atoms with Crippen LogP contribution in [-0.2, 0) is 4.74 Å². The summed E-state index contributed by atoms with van der Waals surface area (Å²) in [6.07, 6.45) is 0. The second kappa shape index (κ2) is 7.64. The van der Waals surface area contributed by atoms with Gasteiger partial charge in [-0.2, -0.15) is 5.10 Å². The first-order valence-electron chi connectivity index (χ1n) is 9.28. The highest BCUT2D eigenvalue weighted by molar-refractivity contribution is 5.92. The zero-order valence-electron chi connectivity index (χ0n) is 16.3. The monoisotopic (exact) mass is 383 g/mol. The van der Waals surface area contributed by atoms with Crippen LogP contribution in [0.15, 0.2) is 78.9 Å². The molecule has 4 rings (SSSR count). The molecule has 0 amide bonds. The van der Waals surface area contributed by atoms with E-state index >= 15 is 0 Å². The first kappa shape index (κ1) is 18.5. The van der Waals surface area contributed by atoms with Crippen molar-refractivity contribution in [1.82, 2.24) is 9.78 Å². The minimum Gasteiger partial charge on any atom is -0.465 e. The molecule has 1 heterocycles. The zero-order valence-corrected chi connectivity index (χ0v) is 16.3. The van der Waals surface area contributed by atoms with E-state index in [4.69, 9.17) is 15.6 Å². The summed E-state index contributed by atoms with van der Waals surface area (Å²) in [7, 11) is 1.37. The summed E-state index contributed by atoms with van der Waals surface area (Å²) in [5, 5.41) is 4.82. The van der Waals surface area contributed by atoms with Crippen molar-refractivity contribution in [1.29, 1.82) is 0 Å². The fourth-order valence-corrected chi connectivity index (χ4v) is 3.29. The van der Waals surface area contributed by atoms with Crippen LogP contribution in [0.4, 0.5) is 5.82 Å². The fourth-order valence-electron chi connectivity index (χ4n) is 3.29. The second-order valence-electron chi connectivity index (χ2n) is 6.79. The molecule has 0 aliphatic rings. The molecule has 0 saturated carbocycles. The van der Waals surface area contributed by atoms with Gasteiger partial charge in [0.25, 0.3) is 0 Å². The van der Waals surface area contributed by atoms with Gasteiger partial charge in [0, 0.05) is 5.56 Å². The van der Waals surface area contributed by atoms with E-state index in [0.29, 0.717) is 11.4 Å². The Balaban J connectivity index is 1.90. The molecular weight excluding hydrogens is 362 g/mol. The number of aromatic nitrogens is 2. The van der Waals surface area contributed by atoms with Crippen molar-refractivity contribution in [2.75, 3.05) is 12.8 Å². The maximum atomic E-state index is 11.8. The number of hydrogen-bond acceptors (Lipinski definition) is 4. The molecule has 0 atom stereocenters. The Kier molecular flexibility index (Phi) is 4.87. The van der Waals surface area contributed by atoms with Gasteiger partial charge in [0.15, 0.2) is 0 Å². The first-order chi connectivity index (χ1) is 14.1. The van der Waals surface area contributed by atoms with Gasteiger partial charge in [-0.25, -0.2) is 9.48 Å². The van der Waals surface area contributed by atoms with Crippen LogP contribution >= 0.6 is 0 Å². The molecule has 0 radical (unpaired) electrons. The van der Waals surface area contributed by atoms with Crippen molar-refractivity contribution in [3.8, 4) is 28.1 Å². The molecule has 4 aromatic rings. The van der Waals surface area contributed by atoms with Gasteiger partial charge < -0.3 is 10.5 Å². The normalized spacial score (nSPS) is 10.7. The molecule has 0 aliphatic carbocycles. The number of nitrogens with zero attached hydrogens (tertiary/aromatic N) is 2. The highest BCUT2D eigenvalue weighted by Crippen LogP contribution is 2.37. The number of hydrogen-bond donors (Lipinski definition) is 1. The van der Waals surface area contributed by atoms with Gasteiger partial charge in [-0.3, -0.25) is 0 Å². The van der Waals surface area contributed by atoms with E-state index in [1.807, 2.05) is 61.5 Å². The highest BCUT2D eigenvalue weighted by atomic mass is 16.5. The third-order valence-corrected chi connectivity index (χ3v) is 4.84. The van der Waals surface area contributed by atoms with Gasteiger partial charge in [-0.1, -0.05) is 60.2 Å². The Hall–Kier alpha value is -3.86. The molecule has 1 aromatic heterocycles. The SMILES string of the molecule is COC(=O)c1ccc(-c2nn(-c3ccccc3)c(N)c2-c2ccc(C)cc2)cc1. The quantitative estimate of drug-likeness (QED) is 0.510. The Bertz CT molecular complexity index is 1150. The maximum absolute atomic E-state index is 11.8. The number of ether oxygens (including phenoxy) is 1. The van der Waals surface area contributed by atoms with E-state index in [0.717, 1.165) is 28.1 Å². The van der Waals surface area contributed by atoms with Gasteiger partial charge in [0.2, 0.25) is 0 Å². The molecule has 0 bridgehead atoms. The van der Waals surface area contributed by atoms with Crippen LogP contribution in [0.5, 0.6) is 0 Å². The third kappa shape index (κ3) is 3.50. The molecule has 144 valence electrons. The van der Waals surface area contributed by atoms with Crippen molar-refractivity contribution in [2.24, 2.45) is 0 Å². The molecule has 29 heavy (non-hydrogen) atoms. The molecule has 2 N–H and O–H groups in total. The van der Waals surface area contributed by atoms with Crippen LogP contribution in [0.2, 0.25) is 0 Å². The zero-order chi connectivity index (χ0) is 20.4. The van der Waals surface area contributed by atoms with Crippen molar-refractivity contribution < 1.29 is 9.53 Å². The summed E-state index contributed by atoms with van der Waals surface area (Å²) in [6.45, 7) is 2.05. The van der Waals surface area contributed by atoms with Crippen LogP contribution in [0.1, 0.15) is 15.9 Å². The number of carbonyl (C=O) groups excluding carboxylic acids is 1. The third-order valence-electron chi connectivity index (χ3n) is 4.84. The van der Waals surface area contributed by atoms with E-state index in [1.165, 1.54) is 12.7 Å². The van der Waals surface area contributed by atoms with Crippen molar-refractivity contribution in [3.05, 3.63) is 90.0 Å². The predicted molar refractivity (Wildman–Crippen MR) is 115 cm³/mol. The molecule has 5 nitrogen and oxygen atoms in total. The number of anilines is 1. The predicted octanol–water partition coefficient (Wildman–Crippen LogP) is 4.88.